The molecule has 0 aliphatic carbocycles. The molecule has 104 valence electrons. The van der Waals surface area contributed by atoms with E-state index in [1.807, 2.05) is 7.11 Å². The summed E-state index contributed by atoms with van der Waals surface area (Å²) in [6.07, 6.45) is 6.21. The Morgan fingerprint density at radius 2 is 2.16 bits per heavy atom. The van der Waals surface area contributed by atoms with Crippen molar-refractivity contribution in [1.29, 1.82) is 0 Å². The van der Waals surface area contributed by atoms with Crippen LogP contribution in [-0.4, -0.2) is 27.2 Å². The van der Waals surface area contributed by atoms with Gasteiger partial charge < -0.3 is 15.0 Å². The Labute approximate surface area is 115 Å². The van der Waals surface area contributed by atoms with Crippen LogP contribution in [0.25, 0.3) is 0 Å². The van der Waals surface area contributed by atoms with E-state index in [4.69, 9.17) is 4.74 Å². The van der Waals surface area contributed by atoms with Crippen LogP contribution < -0.4 is 15.0 Å². The van der Waals surface area contributed by atoms with E-state index in [9.17, 15) is 0 Å². The standard InChI is InChI=1S/C16H24N2O/c1-18-11-5-6-13-15(18)9-8-12(16(13)19-2)14-7-3-4-10-17-14/h8-9,14,17H,3-7,10-11H2,1-2H3. The van der Waals surface area contributed by atoms with Crippen molar-refractivity contribution in [3.8, 4) is 5.75 Å². The lowest BCUT2D eigenvalue weighted by molar-refractivity contribution is 0.369. The number of anilines is 1. The summed E-state index contributed by atoms with van der Waals surface area (Å²) < 4.78 is 5.78. The summed E-state index contributed by atoms with van der Waals surface area (Å²) in [5, 5.41) is 3.63. The molecule has 1 saturated heterocycles. The number of rotatable bonds is 2. The smallest absolute Gasteiger partial charge is 0.128 e. The minimum Gasteiger partial charge on any atom is -0.496 e. The number of benzene rings is 1. The van der Waals surface area contributed by atoms with Gasteiger partial charge in [0.2, 0.25) is 0 Å². The van der Waals surface area contributed by atoms with Crippen molar-refractivity contribution in [1.82, 2.24) is 5.32 Å². The zero-order valence-electron chi connectivity index (χ0n) is 12.0. The lowest BCUT2D eigenvalue weighted by Crippen LogP contribution is -2.29. The Kier molecular flexibility index (Phi) is 3.65. The van der Waals surface area contributed by atoms with Gasteiger partial charge in [0.1, 0.15) is 5.75 Å². The van der Waals surface area contributed by atoms with Crippen molar-refractivity contribution in [2.24, 2.45) is 0 Å². The molecule has 1 atom stereocenters. The number of methoxy groups -OCH3 is 1. The number of nitrogens with one attached hydrogen (secondary N) is 1. The van der Waals surface area contributed by atoms with E-state index in [0.29, 0.717) is 6.04 Å². The molecule has 0 spiro atoms. The number of ether oxygens (including phenoxy) is 1. The van der Waals surface area contributed by atoms with Gasteiger partial charge >= 0.3 is 0 Å². The Hall–Kier alpha value is -1.22. The van der Waals surface area contributed by atoms with Crippen LogP contribution in [0.4, 0.5) is 5.69 Å². The van der Waals surface area contributed by atoms with Gasteiger partial charge in [-0.25, -0.2) is 0 Å². The van der Waals surface area contributed by atoms with Crippen molar-refractivity contribution in [2.45, 2.75) is 38.1 Å². The molecule has 2 aliphatic heterocycles. The third-order valence-electron chi connectivity index (χ3n) is 4.49. The third kappa shape index (κ3) is 2.32. The molecule has 0 bridgehead atoms. The van der Waals surface area contributed by atoms with Crippen LogP contribution in [0.2, 0.25) is 0 Å². The van der Waals surface area contributed by atoms with E-state index >= 15 is 0 Å². The van der Waals surface area contributed by atoms with E-state index < -0.39 is 0 Å². The number of hydrogen-bond acceptors (Lipinski definition) is 3. The van der Waals surface area contributed by atoms with Gasteiger partial charge in [-0.2, -0.15) is 0 Å². The largest absolute Gasteiger partial charge is 0.496 e. The second-order valence-electron chi connectivity index (χ2n) is 5.71. The van der Waals surface area contributed by atoms with E-state index in [2.05, 4.69) is 29.4 Å². The normalized spacial score (nSPS) is 23.1. The van der Waals surface area contributed by atoms with Gasteiger partial charge in [0, 0.05) is 36.4 Å². The number of hydrogen-bond donors (Lipinski definition) is 1. The molecule has 2 heterocycles. The number of nitrogens with zero attached hydrogens (tertiary/aromatic N) is 1. The van der Waals surface area contributed by atoms with E-state index in [1.54, 1.807) is 0 Å². The predicted octanol–water partition coefficient (Wildman–Crippen LogP) is 2.89. The average Bonchev–Trinajstić information content (AvgIpc) is 2.47. The zero-order valence-corrected chi connectivity index (χ0v) is 12.0. The first-order chi connectivity index (χ1) is 9.31. The minimum atomic E-state index is 0.473. The second-order valence-corrected chi connectivity index (χ2v) is 5.71. The van der Waals surface area contributed by atoms with Crippen LogP contribution in [0.3, 0.4) is 0 Å². The lowest BCUT2D eigenvalue weighted by atomic mass is 9.91. The molecule has 1 aromatic carbocycles. The molecule has 1 aromatic rings. The maximum absolute atomic E-state index is 5.78. The summed E-state index contributed by atoms with van der Waals surface area (Å²) in [7, 11) is 3.99. The fourth-order valence-corrected chi connectivity index (χ4v) is 3.48. The molecule has 0 saturated carbocycles. The van der Waals surface area contributed by atoms with Crippen LogP contribution in [0, 0.1) is 0 Å². The summed E-state index contributed by atoms with van der Waals surface area (Å²) in [4.78, 5) is 2.35. The monoisotopic (exact) mass is 260 g/mol. The van der Waals surface area contributed by atoms with Gasteiger partial charge in [-0.3, -0.25) is 0 Å². The van der Waals surface area contributed by atoms with Gasteiger partial charge in [-0.15, -0.1) is 0 Å². The Balaban J connectivity index is 2.00. The SMILES string of the molecule is COc1c(C2CCCCN2)ccc2c1CCCN2C. The molecule has 3 rings (SSSR count). The fraction of sp³-hybridized carbons (Fsp3) is 0.625. The quantitative estimate of drug-likeness (QED) is 0.885. The first kappa shape index (κ1) is 12.8. The van der Waals surface area contributed by atoms with Gasteiger partial charge in [0.25, 0.3) is 0 Å². The summed E-state index contributed by atoms with van der Waals surface area (Å²) in [5.74, 6) is 1.13. The first-order valence-corrected chi connectivity index (χ1v) is 7.45. The maximum Gasteiger partial charge on any atom is 0.128 e. The molecule has 1 N–H and O–H groups in total. The van der Waals surface area contributed by atoms with E-state index in [0.717, 1.165) is 25.3 Å². The van der Waals surface area contributed by atoms with Crippen molar-refractivity contribution in [3.63, 3.8) is 0 Å². The van der Waals surface area contributed by atoms with Crippen LogP contribution >= 0.6 is 0 Å². The fourth-order valence-electron chi connectivity index (χ4n) is 3.48. The topological polar surface area (TPSA) is 24.5 Å². The molecule has 0 amide bonds. The molecule has 2 aliphatic rings. The lowest BCUT2D eigenvalue weighted by Gasteiger charge is -2.32. The molecular weight excluding hydrogens is 236 g/mol. The van der Waals surface area contributed by atoms with Gasteiger partial charge in [0.15, 0.2) is 0 Å². The highest BCUT2D eigenvalue weighted by molar-refractivity contribution is 5.63. The molecule has 19 heavy (non-hydrogen) atoms. The Morgan fingerprint density at radius 1 is 1.26 bits per heavy atom. The molecule has 0 radical (unpaired) electrons. The van der Waals surface area contributed by atoms with Crippen molar-refractivity contribution < 1.29 is 4.74 Å². The molecule has 0 aromatic heterocycles. The van der Waals surface area contributed by atoms with Crippen LogP contribution in [0.5, 0.6) is 5.75 Å². The Bertz CT molecular complexity index is 452. The third-order valence-corrected chi connectivity index (χ3v) is 4.49. The van der Waals surface area contributed by atoms with Crippen LogP contribution in [0.1, 0.15) is 42.9 Å². The molecule has 3 heteroatoms. The summed E-state index contributed by atoms with van der Waals surface area (Å²) in [6.45, 7) is 2.28. The van der Waals surface area contributed by atoms with Crippen molar-refractivity contribution in [2.75, 3.05) is 32.1 Å². The summed E-state index contributed by atoms with van der Waals surface area (Å²) in [6, 6.07) is 5.02. The summed E-state index contributed by atoms with van der Waals surface area (Å²) in [5.41, 5.74) is 4.11. The maximum atomic E-state index is 5.78. The van der Waals surface area contributed by atoms with Gasteiger partial charge in [-0.05, 0) is 38.3 Å². The number of piperidine rings is 1. The zero-order chi connectivity index (χ0) is 13.2. The van der Waals surface area contributed by atoms with E-state index in [-0.39, 0.29) is 0 Å². The molecule has 1 unspecified atom stereocenters. The highest BCUT2D eigenvalue weighted by atomic mass is 16.5. The second kappa shape index (κ2) is 5.41. The highest BCUT2D eigenvalue weighted by Crippen LogP contribution is 2.40. The first-order valence-electron chi connectivity index (χ1n) is 7.45. The van der Waals surface area contributed by atoms with Crippen molar-refractivity contribution >= 4 is 5.69 Å². The van der Waals surface area contributed by atoms with Crippen LogP contribution in [0.15, 0.2) is 12.1 Å². The van der Waals surface area contributed by atoms with Gasteiger partial charge in [-0.1, -0.05) is 12.5 Å². The van der Waals surface area contributed by atoms with Crippen LogP contribution in [-0.2, 0) is 6.42 Å². The molecular formula is C16H24N2O. The van der Waals surface area contributed by atoms with E-state index in [1.165, 1.54) is 42.5 Å². The minimum absolute atomic E-state index is 0.473. The molecule has 1 fully saturated rings. The highest BCUT2D eigenvalue weighted by Gasteiger charge is 2.24. The Morgan fingerprint density at radius 3 is 2.89 bits per heavy atom. The van der Waals surface area contributed by atoms with Crippen molar-refractivity contribution in [3.05, 3.63) is 23.3 Å². The predicted molar refractivity (Wildman–Crippen MR) is 79.2 cm³/mol. The average molecular weight is 260 g/mol. The summed E-state index contributed by atoms with van der Waals surface area (Å²) >= 11 is 0. The molecule has 3 nitrogen and oxygen atoms in total. The number of fused-ring (bicyclic) bond motifs is 1. The van der Waals surface area contributed by atoms with Gasteiger partial charge in [0.05, 0.1) is 7.11 Å².